The van der Waals surface area contributed by atoms with E-state index < -0.39 is 23.4 Å². The van der Waals surface area contributed by atoms with Gasteiger partial charge in [0.25, 0.3) is 0 Å². The Kier molecular flexibility index (Phi) is 5.19. The Bertz CT molecular complexity index is 619. The van der Waals surface area contributed by atoms with Crippen LogP contribution in [0.4, 0.5) is 4.39 Å². The predicted molar refractivity (Wildman–Crippen MR) is 84.3 cm³/mol. The number of halogens is 1. The van der Waals surface area contributed by atoms with Crippen molar-refractivity contribution in [2.45, 2.75) is 45.3 Å². The normalized spacial score (nSPS) is 18.7. The van der Waals surface area contributed by atoms with Crippen LogP contribution in [0.1, 0.15) is 38.8 Å². The van der Waals surface area contributed by atoms with E-state index in [2.05, 4.69) is 4.98 Å². The van der Waals surface area contributed by atoms with Gasteiger partial charge in [0.15, 0.2) is 0 Å². The first kappa shape index (κ1) is 17.6. The molecular formula is C16H24FN3O3. The molecule has 7 heteroatoms. The van der Waals surface area contributed by atoms with E-state index in [-0.39, 0.29) is 5.92 Å². The van der Waals surface area contributed by atoms with Crippen molar-refractivity contribution >= 4 is 5.97 Å². The standard InChI is InChI=1S/C16H24FN3O3/c1-11(2)6-13(14(21)22)20-8-12(7-18-15(20)23)4-5-19-9-16(3,17)10-19/h7-8,11,13H,4-6,9-10H2,1-3H3,(H,21,22). The molecule has 0 radical (unpaired) electrons. The van der Waals surface area contributed by atoms with Crippen LogP contribution in [-0.2, 0) is 11.2 Å². The summed E-state index contributed by atoms with van der Waals surface area (Å²) in [4.78, 5) is 29.1. The second kappa shape index (κ2) is 6.78. The maximum Gasteiger partial charge on any atom is 0.348 e. The molecule has 1 aromatic heterocycles. The van der Waals surface area contributed by atoms with Gasteiger partial charge in [0.2, 0.25) is 0 Å². The fraction of sp³-hybridized carbons (Fsp3) is 0.688. The Morgan fingerprint density at radius 1 is 1.48 bits per heavy atom. The van der Waals surface area contributed by atoms with Crippen LogP contribution in [0.3, 0.4) is 0 Å². The van der Waals surface area contributed by atoms with Crippen LogP contribution in [-0.4, -0.2) is 50.8 Å². The van der Waals surface area contributed by atoms with Gasteiger partial charge in [-0.05, 0) is 31.2 Å². The maximum atomic E-state index is 13.4. The number of likely N-dealkylation sites (tertiary alicyclic amines) is 1. The van der Waals surface area contributed by atoms with E-state index in [4.69, 9.17) is 0 Å². The van der Waals surface area contributed by atoms with Crippen LogP contribution in [0.25, 0.3) is 0 Å². The highest BCUT2D eigenvalue weighted by Gasteiger charge is 2.38. The molecule has 128 valence electrons. The summed E-state index contributed by atoms with van der Waals surface area (Å²) in [7, 11) is 0. The van der Waals surface area contributed by atoms with Crippen LogP contribution in [0.2, 0.25) is 0 Å². The summed E-state index contributed by atoms with van der Waals surface area (Å²) in [5.74, 6) is -0.884. The zero-order valence-electron chi connectivity index (χ0n) is 13.8. The average Bonchev–Trinajstić information content (AvgIpc) is 2.41. The largest absolute Gasteiger partial charge is 0.480 e. The fourth-order valence-electron chi connectivity index (χ4n) is 2.94. The zero-order chi connectivity index (χ0) is 17.2. The van der Waals surface area contributed by atoms with E-state index in [0.29, 0.717) is 32.5 Å². The molecule has 0 saturated carbocycles. The van der Waals surface area contributed by atoms with Crippen molar-refractivity contribution in [3.05, 3.63) is 28.4 Å². The highest BCUT2D eigenvalue weighted by Crippen LogP contribution is 2.24. The van der Waals surface area contributed by atoms with Crippen LogP contribution < -0.4 is 5.69 Å². The fourth-order valence-corrected chi connectivity index (χ4v) is 2.94. The Hall–Kier alpha value is -1.76. The summed E-state index contributed by atoms with van der Waals surface area (Å²) < 4.78 is 14.7. The lowest BCUT2D eigenvalue weighted by Crippen LogP contribution is -2.57. The summed E-state index contributed by atoms with van der Waals surface area (Å²) in [5.41, 5.74) is -0.878. The molecule has 2 heterocycles. The topological polar surface area (TPSA) is 75.4 Å². The molecule has 1 atom stereocenters. The monoisotopic (exact) mass is 325 g/mol. The van der Waals surface area contributed by atoms with E-state index in [1.807, 2.05) is 18.7 Å². The van der Waals surface area contributed by atoms with Crippen molar-refractivity contribution < 1.29 is 14.3 Å². The number of hydrogen-bond donors (Lipinski definition) is 1. The number of aliphatic carboxylic acids is 1. The molecule has 2 rings (SSSR count). The summed E-state index contributed by atoms with van der Waals surface area (Å²) in [6.07, 6.45) is 4.02. The third kappa shape index (κ3) is 4.60. The predicted octanol–water partition coefficient (Wildman–Crippen LogP) is 1.50. The number of hydrogen-bond acceptors (Lipinski definition) is 4. The summed E-state index contributed by atoms with van der Waals surface area (Å²) >= 11 is 0. The number of alkyl halides is 1. The van der Waals surface area contributed by atoms with Gasteiger partial charge in [-0.15, -0.1) is 0 Å². The summed E-state index contributed by atoms with van der Waals surface area (Å²) in [6.45, 7) is 6.89. The van der Waals surface area contributed by atoms with Gasteiger partial charge in [-0.2, -0.15) is 0 Å². The van der Waals surface area contributed by atoms with Gasteiger partial charge < -0.3 is 5.11 Å². The lowest BCUT2D eigenvalue weighted by Gasteiger charge is -2.42. The number of aromatic nitrogens is 2. The average molecular weight is 325 g/mol. The Labute approximate surface area is 134 Å². The minimum atomic E-state index is -1.11. The van der Waals surface area contributed by atoms with Gasteiger partial charge in [-0.25, -0.2) is 19.0 Å². The minimum absolute atomic E-state index is 0.148. The first-order valence-electron chi connectivity index (χ1n) is 7.89. The van der Waals surface area contributed by atoms with Crippen LogP contribution in [0.5, 0.6) is 0 Å². The first-order valence-corrected chi connectivity index (χ1v) is 7.89. The quantitative estimate of drug-likeness (QED) is 0.822. The minimum Gasteiger partial charge on any atom is -0.480 e. The molecule has 23 heavy (non-hydrogen) atoms. The molecule has 0 amide bonds. The van der Waals surface area contributed by atoms with Gasteiger partial charge in [-0.3, -0.25) is 9.47 Å². The van der Waals surface area contributed by atoms with E-state index >= 15 is 0 Å². The van der Waals surface area contributed by atoms with Crippen molar-refractivity contribution in [1.29, 1.82) is 0 Å². The molecule has 1 aromatic rings. The van der Waals surface area contributed by atoms with Crippen LogP contribution in [0.15, 0.2) is 17.2 Å². The summed E-state index contributed by atoms with van der Waals surface area (Å²) in [6, 6.07) is -0.909. The number of rotatable bonds is 7. The molecule has 1 aliphatic rings. The molecule has 0 spiro atoms. The second-order valence-corrected chi connectivity index (χ2v) is 7.01. The third-order valence-corrected chi connectivity index (χ3v) is 4.01. The van der Waals surface area contributed by atoms with Crippen LogP contribution >= 0.6 is 0 Å². The number of carboxylic acid groups (broad SMARTS) is 1. The summed E-state index contributed by atoms with van der Waals surface area (Å²) in [5, 5.41) is 9.38. The molecule has 6 nitrogen and oxygen atoms in total. The lowest BCUT2D eigenvalue weighted by atomic mass is 9.98. The van der Waals surface area contributed by atoms with E-state index in [0.717, 1.165) is 5.56 Å². The molecule has 0 aliphatic carbocycles. The third-order valence-electron chi connectivity index (χ3n) is 4.01. The molecule has 1 aliphatic heterocycles. The second-order valence-electron chi connectivity index (χ2n) is 7.01. The van der Waals surface area contributed by atoms with Crippen molar-refractivity contribution in [2.75, 3.05) is 19.6 Å². The van der Waals surface area contributed by atoms with Gasteiger partial charge in [0.1, 0.15) is 11.7 Å². The molecule has 0 bridgehead atoms. The zero-order valence-corrected chi connectivity index (χ0v) is 13.8. The van der Waals surface area contributed by atoms with E-state index in [9.17, 15) is 19.1 Å². The van der Waals surface area contributed by atoms with Gasteiger partial charge >= 0.3 is 11.7 Å². The van der Waals surface area contributed by atoms with E-state index in [1.54, 1.807) is 13.1 Å². The molecule has 0 aromatic carbocycles. The molecule has 1 N–H and O–H groups in total. The Balaban J connectivity index is 2.08. The first-order chi connectivity index (χ1) is 10.7. The van der Waals surface area contributed by atoms with Crippen LogP contribution in [0, 0.1) is 5.92 Å². The Morgan fingerprint density at radius 3 is 2.65 bits per heavy atom. The highest BCUT2D eigenvalue weighted by molar-refractivity contribution is 5.71. The Morgan fingerprint density at radius 2 is 2.13 bits per heavy atom. The molecular weight excluding hydrogens is 301 g/mol. The van der Waals surface area contributed by atoms with Gasteiger partial charge in [-0.1, -0.05) is 13.8 Å². The van der Waals surface area contributed by atoms with Gasteiger partial charge in [0.05, 0.1) is 0 Å². The molecule has 1 saturated heterocycles. The smallest absolute Gasteiger partial charge is 0.348 e. The SMILES string of the molecule is CC(C)CC(C(=O)O)n1cc(CCN2CC(C)(F)C2)cnc1=O. The molecule has 1 unspecified atom stereocenters. The van der Waals surface area contributed by atoms with Crippen molar-refractivity contribution in [1.82, 2.24) is 14.5 Å². The van der Waals surface area contributed by atoms with Crippen molar-refractivity contribution in [3.63, 3.8) is 0 Å². The lowest BCUT2D eigenvalue weighted by molar-refractivity contribution is -0.141. The number of carbonyl (C=O) groups is 1. The van der Waals surface area contributed by atoms with E-state index in [1.165, 1.54) is 10.8 Å². The van der Waals surface area contributed by atoms with Crippen molar-refractivity contribution in [3.8, 4) is 0 Å². The number of nitrogens with zero attached hydrogens (tertiary/aromatic N) is 3. The highest BCUT2D eigenvalue weighted by atomic mass is 19.1. The molecule has 1 fully saturated rings. The maximum absolute atomic E-state index is 13.4. The number of carboxylic acids is 1. The van der Waals surface area contributed by atoms with Crippen molar-refractivity contribution in [2.24, 2.45) is 5.92 Å². The van der Waals surface area contributed by atoms with Gasteiger partial charge in [0, 0.05) is 32.0 Å².